The van der Waals surface area contributed by atoms with Crippen molar-refractivity contribution in [2.75, 3.05) is 17.2 Å². The van der Waals surface area contributed by atoms with Crippen molar-refractivity contribution in [3.63, 3.8) is 0 Å². The van der Waals surface area contributed by atoms with Crippen LogP contribution in [0.3, 0.4) is 0 Å². The number of hydrogen-bond donors (Lipinski definition) is 2. The van der Waals surface area contributed by atoms with Gasteiger partial charge in [-0.2, -0.15) is 0 Å². The third kappa shape index (κ3) is 6.07. The van der Waals surface area contributed by atoms with E-state index in [4.69, 9.17) is 4.74 Å². The van der Waals surface area contributed by atoms with Gasteiger partial charge in [0.15, 0.2) is 6.61 Å². The van der Waals surface area contributed by atoms with Crippen molar-refractivity contribution < 1.29 is 19.1 Å². The number of rotatable bonds is 8. The first-order valence-electron chi connectivity index (χ1n) is 11.0. The van der Waals surface area contributed by atoms with Gasteiger partial charge in [0, 0.05) is 11.3 Å². The van der Waals surface area contributed by atoms with Crippen LogP contribution in [0.5, 0.6) is 0 Å². The number of nitrogens with one attached hydrogen (secondary N) is 2. The molecule has 6 nitrogen and oxygen atoms in total. The molecule has 0 unspecified atom stereocenters. The highest BCUT2D eigenvalue weighted by Gasteiger charge is 2.17. The number of hydrogen-bond acceptors (Lipinski definition) is 4. The SMILES string of the molecule is CCc1cccc(CC)c1NC(=O)COC(=O)c1ccccc1NC(=O)c1cccc(C)c1. The van der Waals surface area contributed by atoms with Crippen LogP contribution in [0.4, 0.5) is 11.4 Å². The Labute approximate surface area is 194 Å². The van der Waals surface area contributed by atoms with Crippen molar-refractivity contribution in [1.29, 1.82) is 0 Å². The van der Waals surface area contributed by atoms with Crippen molar-refractivity contribution in [3.8, 4) is 0 Å². The van der Waals surface area contributed by atoms with Crippen molar-refractivity contribution in [2.45, 2.75) is 33.6 Å². The van der Waals surface area contributed by atoms with Crippen LogP contribution < -0.4 is 10.6 Å². The third-order valence-corrected chi connectivity index (χ3v) is 5.27. The predicted molar refractivity (Wildman–Crippen MR) is 130 cm³/mol. The van der Waals surface area contributed by atoms with Crippen LogP contribution in [0.15, 0.2) is 66.7 Å². The molecule has 0 bridgehead atoms. The Morgan fingerprint density at radius 1 is 0.818 bits per heavy atom. The number of para-hydroxylation sites is 2. The average molecular weight is 445 g/mol. The zero-order valence-electron chi connectivity index (χ0n) is 19.1. The monoisotopic (exact) mass is 444 g/mol. The average Bonchev–Trinajstić information content (AvgIpc) is 2.83. The molecule has 0 radical (unpaired) electrons. The van der Waals surface area contributed by atoms with E-state index in [-0.39, 0.29) is 11.5 Å². The molecule has 3 aromatic rings. The van der Waals surface area contributed by atoms with Crippen molar-refractivity contribution in [3.05, 3.63) is 94.5 Å². The maximum Gasteiger partial charge on any atom is 0.340 e. The summed E-state index contributed by atoms with van der Waals surface area (Å²) in [5.41, 5.74) is 4.76. The fourth-order valence-electron chi connectivity index (χ4n) is 3.54. The topological polar surface area (TPSA) is 84.5 Å². The van der Waals surface area contributed by atoms with Gasteiger partial charge in [0.2, 0.25) is 0 Å². The van der Waals surface area contributed by atoms with Crippen LogP contribution in [-0.2, 0) is 22.4 Å². The zero-order chi connectivity index (χ0) is 23.8. The standard InChI is InChI=1S/C27H28N2O4/c1-4-19-11-9-12-20(5-2)25(19)29-24(30)17-33-27(32)22-14-6-7-15-23(22)28-26(31)21-13-8-10-18(3)16-21/h6-16H,4-5,17H2,1-3H3,(H,28,31)(H,29,30). The molecule has 0 aliphatic heterocycles. The molecule has 2 amide bonds. The van der Waals surface area contributed by atoms with E-state index in [1.54, 1.807) is 42.5 Å². The minimum Gasteiger partial charge on any atom is -0.452 e. The molecule has 0 saturated heterocycles. The van der Waals surface area contributed by atoms with Gasteiger partial charge in [0.25, 0.3) is 11.8 Å². The van der Waals surface area contributed by atoms with Crippen LogP contribution in [0.2, 0.25) is 0 Å². The van der Waals surface area contributed by atoms with E-state index in [1.807, 2.05) is 45.0 Å². The van der Waals surface area contributed by atoms with E-state index >= 15 is 0 Å². The highest BCUT2D eigenvalue weighted by Crippen LogP contribution is 2.23. The van der Waals surface area contributed by atoms with Crippen LogP contribution in [0.25, 0.3) is 0 Å². The number of amides is 2. The molecule has 3 rings (SSSR count). The summed E-state index contributed by atoms with van der Waals surface area (Å²) in [6.07, 6.45) is 1.55. The first kappa shape index (κ1) is 23.7. The van der Waals surface area contributed by atoms with E-state index < -0.39 is 18.5 Å². The molecule has 2 N–H and O–H groups in total. The second kappa shape index (κ2) is 11.1. The fraction of sp³-hybridized carbons (Fsp3) is 0.222. The lowest BCUT2D eigenvalue weighted by Crippen LogP contribution is -2.23. The highest BCUT2D eigenvalue weighted by atomic mass is 16.5. The van der Waals surface area contributed by atoms with Crippen LogP contribution in [0, 0.1) is 6.92 Å². The highest BCUT2D eigenvalue weighted by molar-refractivity contribution is 6.08. The lowest BCUT2D eigenvalue weighted by atomic mass is 10.0. The van der Waals surface area contributed by atoms with E-state index in [2.05, 4.69) is 10.6 Å². The van der Waals surface area contributed by atoms with Gasteiger partial charge < -0.3 is 15.4 Å². The summed E-state index contributed by atoms with van der Waals surface area (Å²) in [5, 5.41) is 5.63. The van der Waals surface area contributed by atoms with E-state index in [0.29, 0.717) is 11.3 Å². The predicted octanol–water partition coefficient (Wildman–Crippen LogP) is 5.17. The first-order valence-corrected chi connectivity index (χ1v) is 11.0. The Kier molecular flexibility index (Phi) is 7.97. The Morgan fingerprint density at radius 3 is 2.15 bits per heavy atom. The maximum atomic E-state index is 12.7. The zero-order valence-corrected chi connectivity index (χ0v) is 19.1. The minimum atomic E-state index is -0.690. The van der Waals surface area contributed by atoms with Gasteiger partial charge in [-0.1, -0.05) is 61.9 Å². The Hall–Kier alpha value is -3.93. The smallest absolute Gasteiger partial charge is 0.340 e. The van der Waals surface area contributed by atoms with E-state index in [1.165, 1.54) is 0 Å². The second-order valence-corrected chi connectivity index (χ2v) is 7.65. The van der Waals surface area contributed by atoms with Gasteiger partial charge in [-0.15, -0.1) is 0 Å². The molecule has 0 aromatic heterocycles. The summed E-state index contributed by atoms with van der Waals surface area (Å²) in [4.78, 5) is 37.8. The summed E-state index contributed by atoms with van der Waals surface area (Å²) in [6.45, 7) is 5.51. The van der Waals surface area contributed by atoms with Gasteiger partial charge >= 0.3 is 5.97 Å². The molecule has 0 aliphatic carbocycles. The van der Waals surface area contributed by atoms with Crippen LogP contribution in [-0.4, -0.2) is 24.4 Å². The number of carbonyl (C=O) groups is 3. The van der Waals surface area contributed by atoms with Crippen LogP contribution in [0.1, 0.15) is 51.3 Å². The van der Waals surface area contributed by atoms with Gasteiger partial charge in [-0.3, -0.25) is 9.59 Å². The number of aryl methyl sites for hydroxylation is 3. The van der Waals surface area contributed by atoms with E-state index in [9.17, 15) is 14.4 Å². The molecule has 0 aliphatic rings. The summed E-state index contributed by atoms with van der Waals surface area (Å²) in [6, 6.07) is 19.6. The summed E-state index contributed by atoms with van der Waals surface area (Å²) >= 11 is 0. The largest absolute Gasteiger partial charge is 0.452 e. The Balaban J connectivity index is 1.67. The Morgan fingerprint density at radius 2 is 1.48 bits per heavy atom. The minimum absolute atomic E-state index is 0.175. The molecule has 6 heteroatoms. The number of anilines is 2. The molecule has 33 heavy (non-hydrogen) atoms. The molecule has 3 aromatic carbocycles. The van der Waals surface area contributed by atoms with Crippen molar-refractivity contribution in [2.24, 2.45) is 0 Å². The van der Waals surface area contributed by atoms with Gasteiger partial charge in [-0.25, -0.2) is 4.79 Å². The van der Waals surface area contributed by atoms with Gasteiger partial charge in [0.05, 0.1) is 11.3 Å². The van der Waals surface area contributed by atoms with E-state index in [0.717, 1.165) is 35.2 Å². The first-order chi connectivity index (χ1) is 15.9. The fourth-order valence-corrected chi connectivity index (χ4v) is 3.54. The summed E-state index contributed by atoms with van der Waals surface area (Å²) < 4.78 is 5.25. The molecule has 0 spiro atoms. The summed E-state index contributed by atoms with van der Waals surface area (Å²) in [7, 11) is 0. The Bertz CT molecular complexity index is 1150. The molecular weight excluding hydrogens is 416 g/mol. The number of esters is 1. The number of benzene rings is 3. The molecule has 0 heterocycles. The normalized spacial score (nSPS) is 10.4. The molecule has 170 valence electrons. The third-order valence-electron chi connectivity index (χ3n) is 5.27. The number of ether oxygens (including phenoxy) is 1. The quantitative estimate of drug-likeness (QED) is 0.470. The lowest BCUT2D eigenvalue weighted by Gasteiger charge is -2.15. The number of carbonyl (C=O) groups excluding carboxylic acids is 3. The molecule has 0 fully saturated rings. The summed E-state index contributed by atoms with van der Waals surface area (Å²) in [5.74, 6) is -1.44. The van der Waals surface area contributed by atoms with Crippen molar-refractivity contribution in [1.82, 2.24) is 0 Å². The van der Waals surface area contributed by atoms with Gasteiger partial charge in [-0.05, 0) is 55.2 Å². The second-order valence-electron chi connectivity index (χ2n) is 7.65. The van der Waals surface area contributed by atoms with Gasteiger partial charge in [0.1, 0.15) is 0 Å². The maximum absolute atomic E-state index is 12.7. The van der Waals surface area contributed by atoms with Crippen molar-refractivity contribution >= 4 is 29.2 Å². The molecule has 0 saturated carbocycles. The lowest BCUT2D eigenvalue weighted by molar-refractivity contribution is -0.119. The van der Waals surface area contributed by atoms with Crippen LogP contribution >= 0.6 is 0 Å². The molecule has 0 atom stereocenters. The molecular formula is C27H28N2O4.